The summed E-state index contributed by atoms with van der Waals surface area (Å²) < 4.78 is 27.7. The number of H-pyrrole nitrogens is 1. The average molecular weight is 354 g/mol. The Labute approximate surface area is 131 Å². The molecule has 0 aliphatic rings. The quantitative estimate of drug-likeness (QED) is 0.437. The smallest absolute Gasteiger partial charge is 0.385 e. The molecule has 0 saturated carbocycles. The van der Waals surface area contributed by atoms with Crippen LogP contribution in [0.15, 0.2) is 21.9 Å². The van der Waals surface area contributed by atoms with Gasteiger partial charge >= 0.3 is 12.5 Å². The van der Waals surface area contributed by atoms with Crippen molar-refractivity contribution in [1.82, 2.24) is 9.55 Å². The van der Waals surface area contributed by atoms with E-state index in [2.05, 4.69) is 21.8 Å². The van der Waals surface area contributed by atoms with E-state index in [1.165, 1.54) is 13.3 Å². The number of aromatic amines is 1. The fraction of sp³-hybridized carbons (Fsp3) is 0.636. The molecular weight excluding hydrogens is 335 g/mol. The number of aromatic nitrogens is 2. The number of aliphatic hydroxyl groups excluding tert-OH is 1. The van der Waals surface area contributed by atoms with Crippen LogP contribution in [0.4, 0.5) is 0 Å². The van der Waals surface area contributed by atoms with Gasteiger partial charge in [0, 0.05) is 19.4 Å². The van der Waals surface area contributed by atoms with Crippen LogP contribution in [0.5, 0.6) is 0 Å². The van der Waals surface area contributed by atoms with Gasteiger partial charge in [0.2, 0.25) is 0 Å². The lowest BCUT2D eigenvalue weighted by Gasteiger charge is -2.24. The molecule has 0 radical (unpaired) electrons. The Hall–Kier alpha value is -0.900. The minimum absolute atomic E-state index is 0.0975. The van der Waals surface area contributed by atoms with Crippen molar-refractivity contribution in [2.45, 2.75) is 25.7 Å². The van der Waals surface area contributed by atoms with E-state index in [9.17, 15) is 19.3 Å². The molecule has 0 spiro atoms. The van der Waals surface area contributed by atoms with Crippen molar-refractivity contribution in [3.8, 4) is 0 Å². The normalized spacial score (nSPS) is 16.9. The van der Waals surface area contributed by atoms with Crippen LogP contribution < -0.4 is 11.2 Å². The second-order valence-electron chi connectivity index (χ2n) is 4.27. The third kappa shape index (κ3) is 5.71. The maximum atomic E-state index is 11.7. The van der Waals surface area contributed by atoms with Crippen molar-refractivity contribution in [3.05, 3.63) is 33.1 Å². The number of hydrogen-bond acceptors (Lipinski definition) is 7. The molecule has 3 atom stereocenters. The zero-order valence-electron chi connectivity index (χ0n) is 12.2. The van der Waals surface area contributed by atoms with Gasteiger partial charge in [-0.1, -0.05) is 19.2 Å². The van der Waals surface area contributed by atoms with Crippen molar-refractivity contribution in [3.63, 3.8) is 0 Å². The van der Waals surface area contributed by atoms with Gasteiger partial charge in [0.05, 0.1) is 19.3 Å². The molecule has 0 saturated heterocycles. The van der Waals surface area contributed by atoms with Crippen molar-refractivity contribution in [1.29, 1.82) is 0 Å². The molecule has 126 valence electrons. The summed E-state index contributed by atoms with van der Waals surface area (Å²) in [6.45, 7) is -2.25. The second kappa shape index (κ2) is 8.66. The minimum Gasteiger partial charge on any atom is -0.392 e. The SMILES string of the molecule is CC[C@H](COP(=O)(S)OC)OC(CO)n1ccc(=O)[nH]c1=O. The molecule has 0 bridgehead atoms. The number of rotatable bonds is 9. The third-order valence-electron chi connectivity index (χ3n) is 2.78. The molecule has 0 amide bonds. The number of hydrogen-bond donors (Lipinski definition) is 3. The van der Waals surface area contributed by atoms with Gasteiger partial charge in [-0.2, -0.15) is 0 Å². The molecular formula is C11H19N2O7PS. The van der Waals surface area contributed by atoms with Crippen molar-refractivity contribution in [2.75, 3.05) is 20.3 Å². The lowest BCUT2D eigenvalue weighted by molar-refractivity contribution is -0.0963. The molecule has 22 heavy (non-hydrogen) atoms. The highest BCUT2D eigenvalue weighted by Crippen LogP contribution is 2.52. The number of thiol groups is 1. The Morgan fingerprint density at radius 1 is 1.50 bits per heavy atom. The van der Waals surface area contributed by atoms with Gasteiger partial charge in [0.1, 0.15) is 0 Å². The van der Waals surface area contributed by atoms with E-state index in [0.29, 0.717) is 6.42 Å². The highest BCUT2D eigenvalue weighted by Gasteiger charge is 2.22. The van der Waals surface area contributed by atoms with Crippen LogP contribution in [0, 0.1) is 0 Å². The molecule has 2 unspecified atom stereocenters. The van der Waals surface area contributed by atoms with Crippen LogP contribution in [0.1, 0.15) is 19.6 Å². The highest BCUT2D eigenvalue weighted by molar-refractivity contribution is 8.44. The van der Waals surface area contributed by atoms with Crippen molar-refractivity contribution >= 4 is 19.0 Å². The summed E-state index contributed by atoms with van der Waals surface area (Å²) in [6.07, 6.45) is 0.103. The van der Waals surface area contributed by atoms with E-state index >= 15 is 0 Å². The topological polar surface area (TPSA) is 120 Å². The molecule has 1 rings (SSSR count). The van der Waals surface area contributed by atoms with Crippen LogP contribution in [-0.2, 0) is 18.3 Å². The lowest BCUT2D eigenvalue weighted by Crippen LogP contribution is -2.36. The Morgan fingerprint density at radius 2 is 2.18 bits per heavy atom. The van der Waals surface area contributed by atoms with Crippen molar-refractivity contribution in [2.24, 2.45) is 0 Å². The molecule has 2 N–H and O–H groups in total. The molecule has 1 aromatic rings. The van der Waals surface area contributed by atoms with Gasteiger partial charge in [-0.15, -0.1) is 0 Å². The van der Waals surface area contributed by atoms with E-state index in [1.54, 1.807) is 6.92 Å². The zero-order valence-corrected chi connectivity index (χ0v) is 14.0. The molecule has 0 aromatic carbocycles. The molecule has 9 nitrogen and oxygen atoms in total. The largest absolute Gasteiger partial charge is 0.392 e. The monoisotopic (exact) mass is 354 g/mol. The minimum atomic E-state index is -3.44. The Kier molecular flexibility index (Phi) is 7.54. The Morgan fingerprint density at radius 3 is 2.68 bits per heavy atom. The summed E-state index contributed by atoms with van der Waals surface area (Å²) in [5, 5.41) is 9.38. The van der Waals surface area contributed by atoms with Gasteiger partial charge in [0.15, 0.2) is 6.23 Å². The molecule has 1 aromatic heterocycles. The van der Waals surface area contributed by atoms with E-state index < -0.39 is 37.0 Å². The summed E-state index contributed by atoms with van der Waals surface area (Å²) in [4.78, 5) is 24.8. The summed E-state index contributed by atoms with van der Waals surface area (Å²) in [5.41, 5.74) is -1.26. The van der Waals surface area contributed by atoms with Gasteiger partial charge in [-0.05, 0) is 6.42 Å². The van der Waals surface area contributed by atoms with E-state index in [-0.39, 0.29) is 6.61 Å². The molecule has 0 aliphatic carbocycles. The first kappa shape index (κ1) is 19.1. The predicted molar refractivity (Wildman–Crippen MR) is 82.2 cm³/mol. The summed E-state index contributed by atoms with van der Waals surface area (Å²) >= 11 is 3.72. The highest BCUT2D eigenvalue weighted by atomic mass is 32.7. The molecule has 11 heteroatoms. The van der Waals surface area contributed by atoms with Crippen LogP contribution in [0.25, 0.3) is 0 Å². The number of aliphatic hydroxyl groups is 1. The Bertz CT molecular complexity index is 631. The Balaban J connectivity index is 2.80. The third-order valence-corrected chi connectivity index (χ3v) is 4.55. The van der Waals surface area contributed by atoms with Crippen LogP contribution in [0.3, 0.4) is 0 Å². The fourth-order valence-electron chi connectivity index (χ4n) is 1.56. The van der Waals surface area contributed by atoms with Gasteiger partial charge in [0.25, 0.3) is 5.56 Å². The zero-order chi connectivity index (χ0) is 16.8. The molecule has 1 heterocycles. The first-order chi connectivity index (χ1) is 10.3. The molecule has 0 fully saturated rings. The van der Waals surface area contributed by atoms with Crippen LogP contribution in [0.2, 0.25) is 0 Å². The lowest BCUT2D eigenvalue weighted by atomic mass is 10.3. The van der Waals surface area contributed by atoms with Crippen LogP contribution in [-0.4, -0.2) is 41.1 Å². The number of nitrogens with zero attached hydrogens (tertiary/aromatic N) is 1. The van der Waals surface area contributed by atoms with Gasteiger partial charge < -0.3 is 14.4 Å². The first-order valence-electron chi connectivity index (χ1n) is 6.43. The number of nitrogens with one attached hydrogen (secondary N) is 1. The summed E-state index contributed by atoms with van der Waals surface area (Å²) in [5.74, 6) is 0. The molecule has 0 aliphatic heterocycles. The second-order valence-corrected chi connectivity index (χ2v) is 7.30. The van der Waals surface area contributed by atoms with E-state index in [0.717, 1.165) is 10.6 Å². The van der Waals surface area contributed by atoms with Gasteiger partial charge in [-0.25, -0.2) is 9.36 Å². The fourth-order valence-corrected chi connectivity index (χ4v) is 2.22. The maximum Gasteiger partial charge on any atom is 0.385 e. The van der Waals surface area contributed by atoms with Gasteiger partial charge in [-0.3, -0.25) is 18.9 Å². The van der Waals surface area contributed by atoms with E-state index in [4.69, 9.17) is 9.26 Å². The van der Waals surface area contributed by atoms with Crippen molar-refractivity contribution < 1.29 is 23.5 Å². The van der Waals surface area contributed by atoms with E-state index in [1.807, 2.05) is 0 Å². The van der Waals surface area contributed by atoms with Crippen LogP contribution >= 0.6 is 19.0 Å². The maximum absolute atomic E-state index is 11.7. The standard InChI is InChI=1S/C11H19N2O7PS/c1-3-8(7-19-21(17,22)18-2)20-10(6-14)13-5-4-9(15)12-11(13)16/h4-5,8,10,14H,3,6-7H2,1-2H3,(H,17,22)(H,12,15,16)/t8-,10?,21?/m1/s1. The summed E-state index contributed by atoms with van der Waals surface area (Å²) in [7, 11) is 1.20. The number of ether oxygens (including phenoxy) is 1. The summed E-state index contributed by atoms with van der Waals surface area (Å²) in [6, 6.07) is 1.14. The predicted octanol–water partition coefficient (Wildman–Crippen LogP) is 0.524. The first-order valence-corrected chi connectivity index (χ1v) is 9.13. The average Bonchev–Trinajstić information content (AvgIpc) is 2.48.